The van der Waals surface area contributed by atoms with Crippen LogP contribution in [0.25, 0.3) is 93.4 Å². The van der Waals surface area contributed by atoms with Crippen molar-refractivity contribution in [2.75, 3.05) is 0 Å². The summed E-state index contributed by atoms with van der Waals surface area (Å²) in [6.45, 7) is 0. The number of allylic oxidation sites excluding steroid dienone is 1. The van der Waals surface area contributed by atoms with Crippen LogP contribution in [0.5, 0.6) is 0 Å². The molecule has 0 bridgehead atoms. The topological polar surface area (TPSA) is 9.86 Å². The van der Waals surface area contributed by atoms with Gasteiger partial charge in [-0.2, -0.15) is 0 Å². The standard InChI is InChI=1S/C47H30N2S/c1-2-9-34(10-3-1)48-42-14-6-5-12-37(42)41-29-33(23-28-44(41)48)32-19-17-30(18-20-32)31-21-24-35(25-22-31)49-43-15-7-4-11-36(43)39-26-27-40-38-13-8-16-45(38)50-47(40)46(39)49/h1-12,14-29H,13H2. The number of aromatic nitrogens is 2. The molecule has 0 saturated heterocycles. The van der Waals surface area contributed by atoms with E-state index in [1.807, 2.05) is 11.3 Å². The van der Waals surface area contributed by atoms with Crippen molar-refractivity contribution < 1.29 is 0 Å². The van der Waals surface area contributed by atoms with Gasteiger partial charge in [0.1, 0.15) is 0 Å². The molecule has 0 fully saturated rings. The Kier molecular flexibility index (Phi) is 5.92. The molecular formula is C47H30N2S. The number of fused-ring (bicyclic) bond motifs is 10. The highest BCUT2D eigenvalue weighted by Gasteiger charge is 2.20. The fourth-order valence-corrected chi connectivity index (χ4v) is 9.54. The summed E-state index contributed by atoms with van der Waals surface area (Å²) in [6.07, 6.45) is 5.61. The van der Waals surface area contributed by atoms with Gasteiger partial charge >= 0.3 is 0 Å². The van der Waals surface area contributed by atoms with E-state index in [2.05, 4.69) is 179 Å². The van der Waals surface area contributed by atoms with Gasteiger partial charge in [-0.3, -0.25) is 0 Å². The van der Waals surface area contributed by atoms with Gasteiger partial charge in [0.2, 0.25) is 0 Å². The Morgan fingerprint density at radius 1 is 0.420 bits per heavy atom. The number of benzene rings is 7. The third-order valence-electron chi connectivity index (χ3n) is 10.6. The Hall–Kier alpha value is -6.16. The van der Waals surface area contributed by atoms with Crippen molar-refractivity contribution in [3.8, 4) is 33.6 Å². The molecule has 0 saturated carbocycles. The van der Waals surface area contributed by atoms with Crippen molar-refractivity contribution in [1.82, 2.24) is 9.13 Å². The van der Waals surface area contributed by atoms with E-state index in [0.717, 1.165) is 6.42 Å². The van der Waals surface area contributed by atoms with E-state index in [1.165, 1.54) is 97.8 Å². The van der Waals surface area contributed by atoms with Gasteiger partial charge in [-0.25, -0.2) is 0 Å². The normalized spacial score (nSPS) is 12.6. The third-order valence-corrected chi connectivity index (χ3v) is 11.8. The minimum atomic E-state index is 1.03. The van der Waals surface area contributed by atoms with Crippen LogP contribution in [0.2, 0.25) is 0 Å². The average Bonchev–Trinajstić information content (AvgIpc) is 3.94. The lowest BCUT2D eigenvalue weighted by molar-refractivity contribution is 1.18. The van der Waals surface area contributed by atoms with Crippen LogP contribution in [0, 0.1) is 0 Å². The van der Waals surface area contributed by atoms with Crippen LogP contribution in [0.4, 0.5) is 0 Å². The molecule has 1 aliphatic carbocycles. The molecule has 10 aromatic rings. The Morgan fingerprint density at radius 3 is 1.74 bits per heavy atom. The largest absolute Gasteiger partial charge is 0.309 e. The lowest BCUT2D eigenvalue weighted by Crippen LogP contribution is -1.94. The minimum absolute atomic E-state index is 1.03. The Bertz CT molecular complexity index is 2970. The highest BCUT2D eigenvalue weighted by molar-refractivity contribution is 7.21. The molecule has 2 nitrogen and oxygen atoms in total. The first kappa shape index (κ1) is 27.8. The van der Waals surface area contributed by atoms with Crippen LogP contribution in [0.15, 0.2) is 164 Å². The summed E-state index contributed by atoms with van der Waals surface area (Å²) in [5.41, 5.74) is 13.7. The van der Waals surface area contributed by atoms with Gasteiger partial charge in [-0.1, -0.05) is 115 Å². The van der Waals surface area contributed by atoms with Gasteiger partial charge in [0, 0.05) is 37.8 Å². The van der Waals surface area contributed by atoms with Gasteiger partial charge in [-0.05, 0) is 94.2 Å². The smallest absolute Gasteiger partial charge is 0.0719 e. The zero-order chi connectivity index (χ0) is 32.8. The molecule has 0 spiro atoms. The lowest BCUT2D eigenvalue weighted by Gasteiger charge is -2.11. The Balaban J connectivity index is 0.970. The van der Waals surface area contributed by atoms with Gasteiger partial charge < -0.3 is 9.13 Å². The highest BCUT2D eigenvalue weighted by Crippen LogP contribution is 2.44. The summed E-state index contributed by atoms with van der Waals surface area (Å²) in [6, 6.07) is 57.9. The summed E-state index contributed by atoms with van der Waals surface area (Å²) in [5.74, 6) is 0. The van der Waals surface area contributed by atoms with Gasteiger partial charge in [0.25, 0.3) is 0 Å². The predicted octanol–water partition coefficient (Wildman–Crippen LogP) is 13.0. The molecule has 7 aromatic carbocycles. The van der Waals surface area contributed by atoms with Crippen molar-refractivity contribution in [3.63, 3.8) is 0 Å². The molecule has 0 radical (unpaired) electrons. The maximum Gasteiger partial charge on any atom is 0.0719 e. The summed E-state index contributed by atoms with van der Waals surface area (Å²) in [5, 5.41) is 6.56. The van der Waals surface area contributed by atoms with Crippen LogP contribution in [-0.4, -0.2) is 9.13 Å². The SMILES string of the molecule is C1=Cc2sc3c(ccc4c5ccccc5n(-c5ccc(-c6ccc(-c7ccc8c(c7)c7ccccc7n8-c7ccccc7)cc6)cc5)c43)c2C1. The highest BCUT2D eigenvalue weighted by atomic mass is 32.1. The summed E-state index contributed by atoms with van der Waals surface area (Å²) in [4.78, 5) is 1.40. The number of rotatable bonds is 4. The lowest BCUT2D eigenvalue weighted by atomic mass is 9.99. The van der Waals surface area contributed by atoms with E-state index < -0.39 is 0 Å². The quantitative estimate of drug-likeness (QED) is 0.179. The van der Waals surface area contributed by atoms with Crippen molar-refractivity contribution in [1.29, 1.82) is 0 Å². The molecule has 0 amide bonds. The van der Waals surface area contributed by atoms with E-state index in [-0.39, 0.29) is 0 Å². The monoisotopic (exact) mass is 654 g/mol. The molecule has 234 valence electrons. The van der Waals surface area contributed by atoms with E-state index in [9.17, 15) is 0 Å². The number of hydrogen-bond donors (Lipinski definition) is 0. The van der Waals surface area contributed by atoms with Crippen molar-refractivity contribution >= 4 is 71.1 Å². The molecule has 50 heavy (non-hydrogen) atoms. The van der Waals surface area contributed by atoms with Gasteiger partial charge in [0.15, 0.2) is 0 Å². The van der Waals surface area contributed by atoms with Crippen LogP contribution >= 0.6 is 11.3 Å². The number of thiophene rings is 1. The molecular weight excluding hydrogens is 625 g/mol. The molecule has 0 atom stereocenters. The molecule has 1 aliphatic rings. The summed E-state index contributed by atoms with van der Waals surface area (Å²) in [7, 11) is 0. The molecule has 0 aliphatic heterocycles. The van der Waals surface area contributed by atoms with Crippen molar-refractivity contribution in [3.05, 3.63) is 174 Å². The first-order chi connectivity index (χ1) is 24.8. The van der Waals surface area contributed by atoms with Crippen LogP contribution in [-0.2, 0) is 6.42 Å². The maximum atomic E-state index is 2.47. The number of para-hydroxylation sites is 3. The second-order valence-electron chi connectivity index (χ2n) is 13.3. The zero-order valence-electron chi connectivity index (χ0n) is 27.2. The summed E-state index contributed by atoms with van der Waals surface area (Å²) >= 11 is 1.93. The minimum Gasteiger partial charge on any atom is -0.309 e. The first-order valence-corrected chi connectivity index (χ1v) is 18.1. The molecule has 3 heterocycles. The maximum absolute atomic E-state index is 2.47. The predicted molar refractivity (Wildman–Crippen MR) is 214 cm³/mol. The van der Waals surface area contributed by atoms with Crippen LogP contribution in [0.3, 0.4) is 0 Å². The fraction of sp³-hybridized carbons (Fsp3) is 0.0213. The Morgan fingerprint density at radius 2 is 0.980 bits per heavy atom. The van der Waals surface area contributed by atoms with Crippen LogP contribution in [0.1, 0.15) is 10.4 Å². The average molecular weight is 655 g/mol. The fourth-order valence-electron chi connectivity index (χ4n) is 8.24. The number of hydrogen-bond acceptors (Lipinski definition) is 1. The second kappa shape index (κ2) is 10.7. The van der Waals surface area contributed by atoms with Gasteiger partial charge in [0.05, 0.1) is 26.8 Å². The van der Waals surface area contributed by atoms with Crippen molar-refractivity contribution in [2.24, 2.45) is 0 Å². The van der Waals surface area contributed by atoms with E-state index in [4.69, 9.17) is 0 Å². The molecule has 3 aromatic heterocycles. The first-order valence-electron chi connectivity index (χ1n) is 17.2. The Labute approximate surface area is 293 Å². The zero-order valence-corrected chi connectivity index (χ0v) is 28.0. The molecule has 0 N–H and O–H groups in total. The van der Waals surface area contributed by atoms with E-state index in [0.29, 0.717) is 0 Å². The molecule has 11 rings (SSSR count). The van der Waals surface area contributed by atoms with Crippen molar-refractivity contribution in [2.45, 2.75) is 6.42 Å². The second-order valence-corrected chi connectivity index (χ2v) is 14.3. The summed E-state index contributed by atoms with van der Waals surface area (Å²) < 4.78 is 6.23. The molecule has 3 heteroatoms. The van der Waals surface area contributed by atoms with E-state index in [1.54, 1.807) is 0 Å². The third kappa shape index (κ3) is 4.01. The molecule has 0 unspecified atom stereocenters. The van der Waals surface area contributed by atoms with Crippen LogP contribution < -0.4 is 0 Å². The van der Waals surface area contributed by atoms with Gasteiger partial charge in [-0.15, -0.1) is 11.3 Å². The number of nitrogens with zero attached hydrogens (tertiary/aromatic N) is 2. The van der Waals surface area contributed by atoms with E-state index >= 15 is 0 Å².